The summed E-state index contributed by atoms with van der Waals surface area (Å²) < 4.78 is 42.7. The van der Waals surface area contributed by atoms with Crippen LogP contribution in [0.5, 0.6) is 0 Å². The number of hydrogen-bond donors (Lipinski definition) is 1. The maximum Gasteiger partial charge on any atom is 0.446 e. The summed E-state index contributed by atoms with van der Waals surface area (Å²) in [5.74, 6) is -0.319. The van der Waals surface area contributed by atoms with E-state index in [0.29, 0.717) is 12.1 Å². The molecule has 1 unspecified atom stereocenters. The van der Waals surface area contributed by atoms with Crippen LogP contribution in [0.2, 0.25) is 0 Å². The van der Waals surface area contributed by atoms with Gasteiger partial charge in [-0.25, -0.2) is 0 Å². The van der Waals surface area contributed by atoms with Crippen LogP contribution in [0.25, 0.3) is 0 Å². The molecule has 0 aromatic heterocycles. The Bertz CT molecular complexity index is 827. The molecule has 1 fully saturated rings. The van der Waals surface area contributed by atoms with Crippen molar-refractivity contribution in [2.45, 2.75) is 36.5 Å². The first kappa shape index (κ1) is 21.7. The summed E-state index contributed by atoms with van der Waals surface area (Å²) >= 11 is -0.196. The molecule has 0 radical (unpaired) electrons. The van der Waals surface area contributed by atoms with Crippen LogP contribution in [0.1, 0.15) is 28.4 Å². The third kappa shape index (κ3) is 7.06. The van der Waals surface area contributed by atoms with Crippen LogP contribution < -0.4 is 5.32 Å². The molecular weight excluding hydrogens is 401 g/mol. The molecule has 29 heavy (non-hydrogen) atoms. The number of nitrogens with zero attached hydrogens (tertiary/aromatic N) is 1. The lowest BCUT2D eigenvalue weighted by Crippen LogP contribution is -2.40. The monoisotopic (exact) mass is 424 g/mol. The van der Waals surface area contributed by atoms with Crippen LogP contribution in [-0.4, -0.2) is 42.1 Å². The van der Waals surface area contributed by atoms with Crippen LogP contribution in [0.3, 0.4) is 0 Å². The SMILES string of the molecule is CC1CN(Cc2cccc(CNC(=O)c3ccc(SC(F)(F)F)cc3)c2)CCO1. The predicted octanol–water partition coefficient (Wildman–Crippen LogP) is 4.45. The molecule has 4 nitrogen and oxygen atoms in total. The lowest BCUT2D eigenvalue weighted by molar-refractivity contribution is -0.0328. The van der Waals surface area contributed by atoms with E-state index in [1.165, 1.54) is 29.8 Å². The van der Waals surface area contributed by atoms with Gasteiger partial charge >= 0.3 is 5.51 Å². The third-order valence-corrected chi connectivity index (χ3v) is 5.27. The Morgan fingerprint density at radius 2 is 1.93 bits per heavy atom. The summed E-state index contributed by atoms with van der Waals surface area (Å²) in [7, 11) is 0. The highest BCUT2D eigenvalue weighted by Crippen LogP contribution is 2.36. The summed E-state index contributed by atoms with van der Waals surface area (Å²) in [4.78, 5) is 14.7. The molecule has 0 saturated carbocycles. The molecule has 8 heteroatoms. The largest absolute Gasteiger partial charge is 0.446 e. The number of thioether (sulfide) groups is 1. The minimum atomic E-state index is -4.34. The van der Waals surface area contributed by atoms with Gasteiger partial charge < -0.3 is 10.1 Å². The minimum Gasteiger partial charge on any atom is -0.376 e. The van der Waals surface area contributed by atoms with Crippen molar-refractivity contribution >= 4 is 17.7 Å². The zero-order chi connectivity index (χ0) is 20.9. The Morgan fingerprint density at radius 3 is 2.62 bits per heavy atom. The van der Waals surface area contributed by atoms with Crippen molar-refractivity contribution < 1.29 is 22.7 Å². The molecule has 1 N–H and O–H groups in total. The number of hydrogen-bond acceptors (Lipinski definition) is 4. The van der Waals surface area contributed by atoms with Gasteiger partial charge in [0.05, 0.1) is 12.7 Å². The van der Waals surface area contributed by atoms with Crippen molar-refractivity contribution in [1.29, 1.82) is 0 Å². The highest BCUT2D eigenvalue weighted by Gasteiger charge is 2.29. The molecule has 1 aliphatic heterocycles. The van der Waals surface area contributed by atoms with Gasteiger partial charge in [0.1, 0.15) is 0 Å². The second-order valence-corrected chi connectivity index (χ2v) is 8.13. The molecule has 0 aliphatic carbocycles. The lowest BCUT2D eigenvalue weighted by atomic mass is 10.1. The van der Waals surface area contributed by atoms with Crippen molar-refractivity contribution in [3.8, 4) is 0 Å². The molecular formula is C21H23F3N2O2S. The topological polar surface area (TPSA) is 41.6 Å². The number of nitrogens with one attached hydrogen (secondary N) is 1. The normalized spacial score (nSPS) is 17.9. The molecule has 1 amide bonds. The number of ether oxygens (including phenoxy) is 1. The summed E-state index contributed by atoms with van der Waals surface area (Å²) in [6.07, 6.45) is 0.229. The molecule has 0 spiro atoms. The standard InChI is InChI=1S/C21H23F3N2O2S/c1-15-13-26(9-10-28-15)14-17-4-2-3-16(11-17)12-25-20(27)18-5-7-19(8-6-18)29-21(22,23)24/h2-8,11,15H,9-10,12-14H2,1H3,(H,25,27). The summed E-state index contributed by atoms with van der Waals surface area (Å²) in [5, 5.41) is 2.82. The van der Waals surface area contributed by atoms with Gasteiger partial charge in [-0.3, -0.25) is 9.69 Å². The molecule has 1 aliphatic rings. The van der Waals surface area contributed by atoms with Gasteiger partial charge in [0.15, 0.2) is 0 Å². The predicted molar refractivity (Wildman–Crippen MR) is 107 cm³/mol. The van der Waals surface area contributed by atoms with Crippen molar-refractivity contribution in [2.75, 3.05) is 19.7 Å². The maximum absolute atomic E-state index is 12.4. The summed E-state index contributed by atoms with van der Waals surface area (Å²) in [5.41, 5.74) is -1.87. The molecule has 1 heterocycles. The third-order valence-electron chi connectivity index (χ3n) is 4.53. The molecule has 2 aromatic rings. The van der Waals surface area contributed by atoms with E-state index in [2.05, 4.69) is 29.3 Å². The van der Waals surface area contributed by atoms with E-state index in [4.69, 9.17) is 4.74 Å². The minimum absolute atomic E-state index is 0.0548. The second-order valence-electron chi connectivity index (χ2n) is 6.99. The molecule has 1 atom stereocenters. The fraction of sp³-hybridized carbons (Fsp3) is 0.381. The second kappa shape index (κ2) is 9.65. The first-order valence-corrected chi connectivity index (χ1v) is 10.2. The van der Waals surface area contributed by atoms with E-state index in [9.17, 15) is 18.0 Å². The van der Waals surface area contributed by atoms with E-state index in [1.807, 2.05) is 12.1 Å². The number of halogens is 3. The number of benzene rings is 2. The van der Waals surface area contributed by atoms with Crippen LogP contribution in [-0.2, 0) is 17.8 Å². The molecule has 3 rings (SSSR count). The average Bonchev–Trinajstić information content (AvgIpc) is 2.66. The molecule has 2 aromatic carbocycles. The average molecular weight is 424 g/mol. The van der Waals surface area contributed by atoms with E-state index in [1.54, 1.807) is 0 Å². The number of rotatable bonds is 6. The number of alkyl halides is 3. The Morgan fingerprint density at radius 1 is 1.21 bits per heavy atom. The van der Waals surface area contributed by atoms with Crippen molar-refractivity contribution in [3.63, 3.8) is 0 Å². The fourth-order valence-electron chi connectivity index (χ4n) is 3.22. The first-order chi connectivity index (χ1) is 13.8. The fourth-order valence-corrected chi connectivity index (χ4v) is 3.76. The van der Waals surface area contributed by atoms with Crippen LogP contribution in [0.4, 0.5) is 13.2 Å². The van der Waals surface area contributed by atoms with Crippen molar-refractivity contribution in [1.82, 2.24) is 10.2 Å². The number of morpholine rings is 1. The lowest BCUT2D eigenvalue weighted by Gasteiger charge is -2.31. The quantitative estimate of drug-likeness (QED) is 0.696. The van der Waals surface area contributed by atoms with Gasteiger partial charge in [0, 0.05) is 36.6 Å². The smallest absolute Gasteiger partial charge is 0.376 e. The van der Waals surface area contributed by atoms with Crippen molar-refractivity contribution in [2.24, 2.45) is 0 Å². The Kier molecular flexibility index (Phi) is 7.21. The van der Waals surface area contributed by atoms with Gasteiger partial charge in [0.2, 0.25) is 0 Å². The molecule has 156 valence electrons. The van der Waals surface area contributed by atoms with Gasteiger partial charge in [-0.05, 0) is 54.1 Å². The summed E-state index contributed by atoms with van der Waals surface area (Å²) in [6.45, 7) is 5.76. The zero-order valence-electron chi connectivity index (χ0n) is 16.0. The van der Waals surface area contributed by atoms with Crippen LogP contribution in [0, 0.1) is 0 Å². The van der Waals surface area contributed by atoms with Crippen LogP contribution in [0.15, 0.2) is 53.4 Å². The van der Waals surface area contributed by atoms with Crippen LogP contribution >= 0.6 is 11.8 Å². The van der Waals surface area contributed by atoms with Gasteiger partial charge in [-0.15, -0.1) is 0 Å². The number of carbonyl (C=O) groups excluding carboxylic acids is 1. The zero-order valence-corrected chi connectivity index (χ0v) is 16.9. The van der Waals surface area contributed by atoms with E-state index in [0.717, 1.165) is 31.8 Å². The number of carbonyl (C=O) groups is 1. The first-order valence-electron chi connectivity index (χ1n) is 9.34. The maximum atomic E-state index is 12.4. The summed E-state index contributed by atoms with van der Waals surface area (Å²) in [6, 6.07) is 13.4. The number of amides is 1. The van der Waals surface area contributed by atoms with E-state index < -0.39 is 5.51 Å². The van der Waals surface area contributed by atoms with Gasteiger partial charge in [0.25, 0.3) is 5.91 Å². The Balaban J connectivity index is 1.53. The van der Waals surface area contributed by atoms with Gasteiger partial charge in [-0.2, -0.15) is 13.2 Å². The van der Waals surface area contributed by atoms with E-state index in [-0.39, 0.29) is 28.7 Å². The molecule has 0 bridgehead atoms. The van der Waals surface area contributed by atoms with Crippen molar-refractivity contribution in [3.05, 3.63) is 65.2 Å². The van der Waals surface area contributed by atoms with Gasteiger partial charge in [-0.1, -0.05) is 24.3 Å². The van der Waals surface area contributed by atoms with E-state index >= 15 is 0 Å². The molecule has 1 saturated heterocycles. The highest BCUT2D eigenvalue weighted by molar-refractivity contribution is 8.00. The highest BCUT2D eigenvalue weighted by atomic mass is 32.2. The Labute approximate surface area is 172 Å². The Hall–Kier alpha value is -2.03.